The molecule has 1 saturated heterocycles. The van der Waals surface area contributed by atoms with Crippen LogP contribution in [0.25, 0.3) is 0 Å². The molecule has 0 saturated carbocycles. The molecule has 1 fully saturated rings. The molecule has 2 heterocycles. The lowest BCUT2D eigenvalue weighted by atomic mass is 9.97. The van der Waals surface area contributed by atoms with Crippen molar-refractivity contribution >= 4 is 5.91 Å². The second-order valence-electron chi connectivity index (χ2n) is 5.95. The van der Waals surface area contributed by atoms with E-state index in [1.54, 1.807) is 18.5 Å². The maximum Gasteiger partial charge on any atom is 0.220 e. The zero-order chi connectivity index (χ0) is 16.8. The first kappa shape index (κ1) is 16.5. The average Bonchev–Trinajstić information content (AvgIpc) is 2.61. The molecule has 2 unspecified atom stereocenters. The van der Waals surface area contributed by atoms with E-state index in [9.17, 15) is 9.18 Å². The Labute approximate surface area is 140 Å². The first-order valence-electron chi connectivity index (χ1n) is 8.11. The van der Waals surface area contributed by atoms with Gasteiger partial charge in [-0.2, -0.15) is 0 Å². The number of aryl methyl sites for hydroxylation is 1. The van der Waals surface area contributed by atoms with Crippen LogP contribution >= 0.6 is 0 Å². The molecule has 0 bridgehead atoms. The topological polar surface area (TPSA) is 64.1 Å². The lowest BCUT2D eigenvalue weighted by Gasteiger charge is -2.30. The normalized spacial score (nSPS) is 20.5. The van der Waals surface area contributed by atoms with Gasteiger partial charge in [-0.3, -0.25) is 4.79 Å². The molecule has 2 aromatic rings. The van der Waals surface area contributed by atoms with Crippen molar-refractivity contribution in [2.45, 2.75) is 37.8 Å². The minimum absolute atomic E-state index is 0.00347. The van der Waals surface area contributed by atoms with Gasteiger partial charge < -0.3 is 10.1 Å². The zero-order valence-corrected chi connectivity index (χ0v) is 13.3. The number of aromatic nitrogens is 2. The molecule has 24 heavy (non-hydrogen) atoms. The molecular formula is C18H20FN3O2. The Balaban J connectivity index is 1.50. The number of nitrogens with zero attached hydrogens (tertiary/aromatic N) is 2. The van der Waals surface area contributed by atoms with Gasteiger partial charge in [-0.05, 0) is 42.5 Å². The SMILES string of the molecule is O=C(CCc1cncnc1)NC1CCOC(c2cccc(F)c2)C1. The Kier molecular flexibility index (Phi) is 5.48. The summed E-state index contributed by atoms with van der Waals surface area (Å²) in [5.74, 6) is -0.268. The van der Waals surface area contributed by atoms with Crippen LogP contribution in [0.3, 0.4) is 0 Å². The van der Waals surface area contributed by atoms with Gasteiger partial charge in [0.2, 0.25) is 5.91 Å². The van der Waals surface area contributed by atoms with Crippen LogP contribution in [-0.4, -0.2) is 28.5 Å². The highest BCUT2D eigenvalue weighted by atomic mass is 19.1. The smallest absolute Gasteiger partial charge is 0.220 e. The minimum Gasteiger partial charge on any atom is -0.373 e. The van der Waals surface area contributed by atoms with E-state index in [1.165, 1.54) is 18.5 Å². The van der Waals surface area contributed by atoms with Gasteiger partial charge in [0.15, 0.2) is 0 Å². The number of benzene rings is 1. The van der Waals surface area contributed by atoms with Gasteiger partial charge in [0, 0.05) is 31.5 Å². The third kappa shape index (κ3) is 4.58. The van der Waals surface area contributed by atoms with E-state index in [-0.39, 0.29) is 23.9 Å². The number of ether oxygens (including phenoxy) is 1. The quantitative estimate of drug-likeness (QED) is 0.916. The summed E-state index contributed by atoms with van der Waals surface area (Å²) in [5.41, 5.74) is 1.76. The lowest BCUT2D eigenvalue weighted by molar-refractivity contribution is -0.122. The van der Waals surface area contributed by atoms with E-state index in [4.69, 9.17) is 4.74 Å². The maximum absolute atomic E-state index is 13.4. The van der Waals surface area contributed by atoms with Crippen LogP contribution < -0.4 is 5.32 Å². The van der Waals surface area contributed by atoms with Crippen molar-refractivity contribution < 1.29 is 13.9 Å². The van der Waals surface area contributed by atoms with E-state index in [2.05, 4.69) is 15.3 Å². The van der Waals surface area contributed by atoms with E-state index in [0.717, 1.165) is 17.5 Å². The molecule has 0 aliphatic carbocycles. The van der Waals surface area contributed by atoms with Crippen LogP contribution in [0.2, 0.25) is 0 Å². The molecule has 6 heteroatoms. The number of amides is 1. The molecular weight excluding hydrogens is 309 g/mol. The van der Waals surface area contributed by atoms with Crippen LogP contribution in [-0.2, 0) is 16.0 Å². The van der Waals surface area contributed by atoms with Crippen molar-refractivity contribution in [1.82, 2.24) is 15.3 Å². The van der Waals surface area contributed by atoms with Gasteiger partial charge in [0.1, 0.15) is 12.1 Å². The number of halogens is 1. The van der Waals surface area contributed by atoms with E-state index < -0.39 is 0 Å². The van der Waals surface area contributed by atoms with Gasteiger partial charge in [0.25, 0.3) is 0 Å². The molecule has 0 spiro atoms. The third-order valence-electron chi connectivity index (χ3n) is 4.12. The largest absolute Gasteiger partial charge is 0.373 e. The summed E-state index contributed by atoms with van der Waals surface area (Å²) in [6.45, 7) is 0.554. The van der Waals surface area contributed by atoms with Gasteiger partial charge in [-0.1, -0.05) is 12.1 Å². The highest BCUT2D eigenvalue weighted by Crippen LogP contribution is 2.28. The van der Waals surface area contributed by atoms with Crippen molar-refractivity contribution in [1.29, 1.82) is 0 Å². The fourth-order valence-electron chi connectivity index (χ4n) is 2.88. The summed E-state index contributed by atoms with van der Waals surface area (Å²) in [7, 11) is 0. The number of rotatable bonds is 5. The molecule has 1 aromatic heterocycles. The van der Waals surface area contributed by atoms with Crippen molar-refractivity contribution in [2.75, 3.05) is 6.61 Å². The molecule has 1 aliphatic rings. The monoisotopic (exact) mass is 329 g/mol. The first-order chi connectivity index (χ1) is 11.7. The summed E-state index contributed by atoms with van der Waals surface area (Å²) in [6.07, 6.45) is 7.16. The molecule has 5 nitrogen and oxygen atoms in total. The maximum atomic E-state index is 13.4. The van der Waals surface area contributed by atoms with E-state index in [1.807, 2.05) is 6.07 Å². The fraction of sp³-hybridized carbons (Fsp3) is 0.389. The van der Waals surface area contributed by atoms with Gasteiger partial charge in [0.05, 0.1) is 6.10 Å². The number of nitrogens with one attached hydrogen (secondary N) is 1. The van der Waals surface area contributed by atoms with Crippen molar-refractivity contribution in [3.63, 3.8) is 0 Å². The Morgan fingerprint density at radius 3 is 2.96 bits per heavy atom. The van der Waals surface area contributed by atoms with Gasteiger partial charge in [-0.25, -0.2) is 14.4 Å². The number of hydrogen-bond acceptors (Lipinski definition) is 4. The van der Waals surface area contributed by atoms with Crippen LogP contribution in [0.5, 0.6) is 0 Å². The van der Waals surface area contributed by atoms with Gasteiger partial charge in [-0.15, -0.1) is 0 Å². The number of hydrogen-bond donors (Lipinski definition) is 1. The summed E-state index contributed by atoms with van der Waals surface area (Å²) < 4.78 is 19.1. The Morgan fingerprint density at radius 1 is 1.33 bits per heavy atom. The first-order valence-corrected chi connectivity index (χ1v) is 8.11. The van der Waals surface area contributed by atoms with Crippen LogP contribution in [0, 0.1) is 5.82 Å². The number of carbonyl (C=O) groups is 1. The van der Waals surface area contributed by atoms with Crippen LogP contribution in [0.4, 0.5) is 4.39 Å². The summed E-state index contributed by atoms with van der Waals surface area (Å²) in [6, 6.07) is 6.49. The Bertz CT molecular complexity index is 681. The molecule has 0 radical (unpaired) electrons. The second-order valence-corrected chi connectivity index (χ2v) is 5.95. The second kappa shape index (κ2) is 7.97. The van der Waals surface area contributed by atoms with E-state index in [0.29, 0.717) is 25.9 Å². The fourth-order valence-corrected chi connectivity index (χ4v) is 2.88. The molecule has 3 rings (SSSR count). The molecule has 1 aromatic carbocycles. The molecule has 126 valence electrons. The molecule has 1 aliphatic heterocycles. The number of carbonyl (C=O) groups excluding carboxylic acids is 1. The van der Waals surface area contributed by atoms with Crippen LogP contribution in [0.1, 0.15) is 36.5 Å². The van der Waals surface area contributed by atoms with Crippen molar-refractivity contribution in [3.8, 4) is 0 Å². The Hall–Kier alpha value is -2.34. The van der Waals surface area contributed by atoms with Crippen molar-refractivity contribution in [2.24, 2.45) is 0 Å². The highest BCUT2D eigenvalue weighted by molar-refractivity contribution is 5.76. The molecule has 1 N–H and O–H groups in total. The molecule has 1 amide bonds. The predicted molar refractivity (Wildman–Crippen MR) is 86.6 cm³/mol. The Morgan fingerprint density at radius 2 is 2.17 bits per heavy atom. The molecule has 2 atom stereocenters. The van der Waals surface area contributed by atoms with Crippen molar-refractivity contribution in [3.05, 3.63) is 59.9 Å². The lowest BCUT2D eigenvalue weighted by Crippen LogP contribution is -2.39. The average molecular weight is 329 g/mol. The zero-order valence-electron chi connectivity index (χ0n) is 13.3. The van der Waals surface area contributed by atoms with Crippen LogP contribution in [0.15, 0.2) is 43.0 Å². The summed E-state index contributed by atoms with van der Waals surface area (Å²) in [5, 5.41) is 3.05. The highest BCUT2D eigenvalue weighted by Gasteiger charge is 2.25. The predicted octanol–water partition coefficient (Wildman–Crippen LogP) is 2.58. The summed E-state index contributed by atoms with van der Waals surface area (Å²) in [4.78, 5) is 20.0. The standard InChI is InChI=1S/C18H20FN3O2/c19-15-3-1-2-14(8-15)17-9-16(6-7-24-17)22-18(23)5-4-13-10-20-12-21-11-13/h1-3,8,10-12,16-17H,4-7,9H2,(H,22,23). The summed E-state index contributed by atoms with van der Waals surface area (Å²) >= 11 is 0. The van der Waals surface area contributed by atoms with Gasteiger partial charge >= 0.3 is 0 Å². The minimum atomic E-state index is -0.271. The third-order valence-corrected chi connectivity index (χ3v) is 4.12. The van der Waals surface area contributed by atoms with E-state index >= 15 is 0 Å².